The molecule has 5 aromatic rings. The van der Waals surface area contributed by atoms with Crippen molar-refractivity contribution < 1.29 is 21.0 Å². The minimum atomic E-state index is -4.01. The normalized spacial score (nSPS) is 20.6. The molecule has 2 aliphatic heterocycles. The molecule has 9 rings (SSSR count). The average molecular weight is 473 g/mol. The molecule has 162 valence electrons. The van der Waals surface area contributed by atoms with Gasteiger partial charge >= 0.3 is 10.1 Å². The number of sulfone groups is 1. The summed E-state index contributed by atoms with van der Waals surface area (Å²) in [6.45, 7) is 0. The standard InChI is InChI=1S/C26H16O5S2/c27-32(28)16-8-12-4-1-3-11-7-15-21-24-18(33(29,30)31-15)10-14-6-2-5-13-9-17(32)23(26(24)20(13)14)22(16)25(21)19(11)12/h7-10H,1-6H2. The molecule has 4 aliphatic rings. The summed E-state index contributed by atoms with van der Waals surface area (Å²) >= 11 is 0. The molecule has 0 saturated carbocycles. The Balaban J connectivity index is 1.77. The van der Waals surface area contributed by atoms with Crippen LogP contribution in [-0.4, -0.2) is 16.8 Å². The molecule has 0 fully saturated rings. The molecule has 2 aliphatic carbocycles. The van der Waals surface area contributed by atoms with Gasteiger partial charge in [-0.05, 0) is 95.8 Å². The van der Waals surface area contributed by atoms with Crippen molar-refractivity contribution >= 4 is 63.0 Å². The SMILES string of the molecule is O=S1(=O)Oc2cc3c4c(cc5c6c7c(cc8c9c(cc1c(c2c46)c97)CCC8)S5(=O)=O)CCC3. The molecule has 0 atom stereocenters. The molecule has 0 spiro atoms. The minimum absolute atomic E-state index is 0.187. The van der Waals surface area contributed by atoms with Crippen LogP contribution in [0.2, 0.25) is 0 Å². The van der Waals surface area contributed by atoms with E-state index in [0.29, 0.717) is 26.3 Å². The van der Waals surface area contributed by atoms with Crippen molar-refractivity contribution in [2.45, 2.75) is 53.2 Å². The largest absolute Gasteiger partial charge is 0.378 e. The summed E-state index contributed by atoms with van der Waals surface area (Å²) in [6.07, 6.45) is 4.99. The van der Waals surface area contributed by atoms with Crippen LogP contribution in [-0.2, 0) is 45.6 Å². The maximum Gasteiger partial charge on any atom is 0.339 e. The van der Waals surface area contributed by atoms with Crippen LogP contribution in [0.25, 0.3) is 43.1 Å². The first-order chi connectivity index (χ1) is 15.9. The van der Waals surface area contributed by atoms with E-state index in [4.69, 9.17) is 4.18 Å². The zero-order valence-electron chi connectivity index (χ0n) is 17.4. The summed E-state index contributed by atoms with van der Waals surface area (Å²) < 4.78 is 60.2. The van der Waals surface area contributed by atoms with Crippen LogP contribution in [0.5, 0.6) is 5.75 Å². The maximum absolute atomic E-state index is 13.9. The van der Waals surface area contributed by atoms with E-state index in [1.165, 1.54) is 0 Å². The van der Waals surface area contributed by atoms with Crippen LogP contribution < -0.4 is 4.18 Å². The number of benzene rings is 5. The highest BCUT2D eigenvalue weighted by molar-refractivity contribution is 7.92. The van der Waals surface area contributed by atoms with Gasteiger partial charge in [0, 0.05) is 32.3 Å². The third-order valence-electron chi connectivity index (χ3n) is 8.32. The van der Waals surface area contributed by atoms with Gasteiger partial charge in [0.15, 0.2) is 5.75 Å². The summed E-state index contributed by atoms with van der Waals surface area (Å²) in [5, 5.41) is 6.71. The van der Waals surface area contributed by atoms with E-state index in [1.807, 2.05) is 18.2 Å². The van der Waals surface area contributed by atoms with Crippen molar-refractivity contribution in [3.8, 4) is 5.75 Å². The Morgan fingerprint density at radius 3 is 1.55 bits per heavy atom. The molecule has 0 bridgehead atoms. The molecule has 33 heavy (non-hydrogen) atoms. The first-order valence-corrected chi connectivity index (χ1v) is 14.3. The number of rotatable bonds is 0. The highest BCUT2D eigenvalue weighted by Crippen LogP contribution is 2.58. The van der Waals surface area contributed by atoms with Crippen molar-refractivity contribution in [2.75, 3.05) is 0 Å². The maximum atomic E-state index is 13.9. The van der Waals surface area contributed by atoms with Gasteiger partial charge in [0.25, 0.3) is 0 Å². The summed E-state index contributed by atoms with van der Waals surface area (Å²) in [5.41, 5.74) is 4.07. The molecule has 0 unspecified atom stereocenters. The van der Waals surface area contributed by atoms with E-state index in [0.717, 1.165) is 93.1 Å². The van der Waals surface area contributed by atoms with Gasteiger partial charge in [-0.2, -0.15) is 8.42 Å². The van der Waals surface area contributed by atoms with Crippen LogP contribution >= 0.6 is 0 Å². The number of hydrogen-bond donors (Lipinski definition) is 0. The van der Waals surface area contributed by atoms with Crippen LogP contribution in [0, 0.1) is 0 Å². The molecule has 0 saturated heterocycles. The van der Waals surface area contributed by atoms with Gasteiger partial charge in [0.1, 0.15) is 4.90 Å². The average Bonchev–Trinajstić information content (AvgIpc) is 3.01. The lowest BCUT2D eigenvalue weighted by Crippen LogP contribution is -2.17. The fourth-order valence-electron chi connectivity index (χ4n) is 7.20. The Kier molecular flexibility index (Phi) is 2.64. The van der Waals surface area contributed by atoms with Crippen LogP contribution in [0.1, 0.15) is 35.1 Å². The van der Waals surface area contributed by atoms with E-state index in [1.54, 1.807) is 6.07 Å². The van der Waals surface area contributed by atoms with E-state index in [-0.39, 0.29) is 4.90 Å². The zero-order valence-corrected chi connectivity index (χ0v) is 19.0. The van der Waals surface area contributed by atoms with Crippen LogP contribution in [0.15, 0.2) is 39.0 Å². The fraction of sp³-hybridized carbons (Fsp3) is 0.231. The van der Waals surface area contributed by atoms with Crippen molar-refractivity contribution in [3.05, 3.63) is 46.5 Å². The smallest absolute Gasteiger partial charge is 0.339 e. The third kappa shape index (κ3) is 1.70. The Morgan fingerprint density at radius 1 is 0.515 bits per heavy atom. The van der Waals surface area contributed by atoms with Gasteiger partial charge < -0.3 is 4.18 Å². The van der Waals surface area contributed by atoms with Crippen LogP contribution in [0.3, 0.4) is 0 Å². The molecular formula is C26H16O5S2. The second kappa shape index (κ2) is 4.95. The first kappa shape index (κ1) is 17.6. The summed E-state index contributed by atoms with van der Waals surface area (Å²) in [5.74, 6) is 0.347. The van der Waals surface area contributed by atoms with Gasteiger partial charge in [-0.1, -0.05) is 0 Å². The predicted octanol–water partition coefficient (Wildman–Crippen LogP) is 4.94. The van der Waals surface area contributed by atoms with Crippen molar-refractivity contribution in [3.63, 3.8) is 0 Å². The molecule has 2 heterocycles. The molecule has 0 radical (unpaired) electrons. The molecule has 7 heteroatoms. The van der Waals surface area contributed by atoms with E-state index in [2.05, 4.69) is 0 Å². The lowest BCUT2D eigenvalue weighted by Gasteiger charge is -2.28. The monoisotopic (exact) mass is 472 g/mol. The lowest BCUT2D eigenvalue weighted by atomic mass is 9.79. The molecule has 0 N–H and O–H groups in total. The van der Waals surface area contributed by atoms with E-state index in [9.17, 15) is 16.8 Å². The molecule has 0 aromatic heterocycles. The predicted molar refractivity (Wildman–Crippen MR) is 125 cm³/mol. The van der Waals surface area contributed by atoms with Gasteiger partial charge in [-0.25, -0.2) is 8.42 Å². The van der Waals surface area contributed by atoms with E-state index < -0.39 is 20.0 Å². The Hall–Kier alpha value is -2.90. The topological polar surface area (TPSA) is 77.5 Å². The fourth-order valence-corrected chi connectivity index (χ4v) is 10.2. The second-order valence-electron chi connectivity index (χ2n) is 9.88. The Labute approximate surface area is 189 Å². The quantitative estimate of drug-likeness (QED) is 0.178. The summed E-state index contributed by atoms with van der Waals surface area (Å²) in [7, 11) is -7.69. The molecule has 5 aromatic carbocycles. The zero-order chi connectivity index (χ0) is 22.0. The lowest BCUT2D eigenvalue weighted by molar-refractivity contribution is 0.487. The van der Waals surface area contributed by atoms with E-state index >= 15 is 0 Å². The van der Waals surface area contributed by atoms with Crippen LogP contribution in [0.4, 0.5) is 0 Å². The Bertz CT molecular complexity index is 2070. The van der Waals surface area contributed by atoms with Gasteiger partial charge in [-0.3, -0.25) is 0 Å². The number of aryl methyl sites for hydroxylation is 4. The highest BCUT2D eigenvalue weighted by Gasteiger charge is 2.41. The molecular weight excluding hydrogens is 456 g/mol. The second-order valence-corrected chi connectivity index (χ2v) is 13.3. The summed E-state index contributed by atoms with van der Waals surface area (Å²) in [4.78, 5) is 0.914. The molecule has 5 nitrogen and oxygen atoms in total. The van der Waals surface area contributed by atoms with Crippen molar-refractivity contribution in [2.24, 2.45) is 0 Å². The minimum Gasteiger partial charge on any atom is -0.378 e. The van der Waals surface area contributed by atoms with Crippen molar-refractivity contribution in [1.29, 1.82) is 0 Å². The van der Waals surface area contributed by atoms with Gasteiger partial charge in [0.05, 0.1) is 9.79 Å². The molecule has 0 amide bonds. The van der Waals surface area contributed by atoms with Gasteiger partial charge in [-0.15, -0.1) is 0 Å². The first-order valence-electron chi connectivity index (χ1n) is 11.4. The highest BCUT2D eigenvalue weighted by atomic mass is 32.2. The van der Waals surface area contributed by atoms with Crippen molar-refractivity contribution in [1.82, 2.24) is 0 Å². The third-order valence-corrected chi connectivity index (χ3v) is 11.4. The summed E-state index contributed by atoms with van der Waals surface area (Å²) in [6, 6.07) is 7.44. The Morgan fingerprint density at radius 2 is 0.970 bits per heavy atom. The number of hydrogen-bond acceptors (Lipinski definition) is 5. The van der Waals surface area contributed by atoms with Gasteiger partial charge in [0.2, 0.25) is 9.84 Å².